The van der Waals surface area contributed by atoms with Gasteiger partial charge in [-0.05, 0) is 69.9 Å². The SMILES string of the molecule is CC(C)N1CCOc2c(NC(=O)c3ccncc3)cccc2C1=O.CN(C)Cc1ccc(Cl)cc1. The summed E-state index contributed by atoms with van der Waals surface area (Å²) in [5, 5.41) is 3.61. The molecule has 0 radical (unpaired) electrons. The first-order valence-corrected chi connectivity index (χ1v) is 11.8. The smallest absolute Gasteiger partial charge is 0.258 e. The van der Waals surface area contributed by atoms with E-state index < -0.39 is 0 Å². The van der Waals surface area contributed by atoms with Crippen molar-refractivity contribution >= 4 is 29.1 Å². The molecule has 1 N–H and O–H groups in total. The van der Waals surface area contributed by atoms with Crippen LogP contribution in [-0.4, -0.2) is 59.9 Å². The number of carbonyl (C=O) groups excluding carboxylic acids is 2. The normalized spacial score (nSPS) is 12.9. The molecule has 3 aromatic rings. The van der Waals surface area contributed by atoms with Crippen LogP contribution in [0.5, 0.6) is 5.75 Å². The lowest BCUT2D eigenvalue weighted by Crippen LogP contribution is -2.37. The highest BCUT2D eigenvalue weighted by atomic mass is 35.5. The number of amides is 2. The van der Waals surface area contributed by atoms with Gasteiger partial charge in [0.25, 0.3) is 11.8 Å². The molecule has 1 aromatic heterocycles. The number of anilines is 1. The Hall–Kier alpha value is -3.42. The van der Waals surface area contributed by atoms with Crippen LogP contribution in [0.2, 0.25) is 5.02 Å². The van der Waals surface area contributed by atoms with Crippen molar-refractivity contribution in [2.45, 2.75) is 26.4 Å². The van der Waals surface area contributed by atoms with Crippen LogP contribution in [-0.2, 0) is 6.54 Å². The second-order valence-electron chi connectivity index (χ2n) is 8.68. The van der Waals surface area contributed by atoms with Crippen molar-refractivity contribution in [1.29, 1.82) is 0 Å². The number of ether oxygens (including phenoxy) is 1. The lowest BCUT2D eigenvalue weighted by atomic mass is 10.1. The maximum atomic E-state index is 12.7. The van der Waals surface area contributed by atoms with Gasteiger partial charge in [0.2, 0.25) is 0 Å². The second-order valence-corrected chi connectivity index (χ2v) is 9.11. The van der Waals surface area contributed by atoms with Gasteiger partial charge in [-0.1, -0.05) is 29.8 Å². The molecule has 184 valence electrons. The second kappa shape index (κ2) is 12.3. The molecule has 1 aliphatic heterocycles. The molecular weight excluding hydrogens is 464 g/mol. The van der Waals surface area contributed by atoms with Gasteiger partial charge in [-0.25, -0.2) is 0 Å². The van der Waals surface area contributed by atoms with E-state index in [1.807, 2.05) is 38.1 Å². The van der Waals surface area contributed by atoms with Gasteiger partial charge in [0.05, 0.1) is 17.8 Å². The van der Waals surface area contributed by atoms with Crippen LogP contribution in [0.3, 0.4) is 0 Å². The number of carbonyl (C=O) groups is 2. The molecule has 0 aliphatic carbocycles. The van der Waals surface area contributed by atoms with Crippen LogP contribution < -0.4 is 10.1 Å². The fourth-order valence-electron chi connectivity index (χ4n) is 3.61. The average Bonchev–Trinajstić information content (AvgIpc) is 3.01. The van der Waals surface area contributed by atoms with Gasteiger partial charge in [-0.15, -0.1) is 0 Å². The third-order valence-corrected chi connectivity index (χ3v) is 5.56. The van der Waals surface area contributed by atoms with Crippen molar-refractivity contribution in [2.24, 2.45) is 0 Å². The van der Waals surface area contributed by atoms with E-state index in [0.717, 1.165) is 11.6 Å². The first-order chi connectivity index (χ1) is 16.8. The topological polar surface area (TPSA) is 74.8 Å². The first-order valence-electron chi connectivity index (χ1n) is 11.4. The zero-order valence-electron chi connectivity index (χ0n) is 20.5. The molecule has 7 nitrogen and oxygen atoms in total. The van der Waals surface area contributed by atoms with Crippen LogP contribution in [0.1, 0.15) is 40.1 Å². The van der Waals surface area contributed by atoms with E-state index in [0.29, 0.717) is 35.7 Å². The number of nitrogens with one attached hydrogen (secondary N) is 1. The Bertz CT molecular complexity index is 1130. The van der Waals surface area contributed by atoms with Crippen molar-refractivity contribution in [3.05, 3.63) is 88.7 Å². The minimum absolute atomic E-state index is 0.0853. The molecule has 8 heteroatoms. The van der Waals surface area contributed by atoms with Crippen LogP contribution in [0, 0.1) is 0 Å². The predicted octanol–water partition coefficient (Wildman–Crippen LogP) is 4.98. The summed E-state index contributed by atoms with van der Waals surface area (Å²) in [4.78, 5) is 32.9. The molecule has 0 fully saturated rings. The van der Waals surface area contributed by atoms with Gasteiger partial charge in [0, 0.05) is 35.6 Å². The lowest BCUT2D eigenvalue weighted by Gasteiger charge is -2.24. The van der Waals surface area contributed by atoms with E-state index in [1.54, 1.807) is 47.6 Å². The summed E-state index contributed by atoms with van der Waals surface area (Å²) < 4.78 is 5.78. The fraction of sp³-hybridized carbons (Fsp3) is 0.296. The molecule has 0 saturated heterocycles. The highest BCUT2D eigenvalue weighted by Crippen LogP contribution is 2.32. The van der Waals surface area contributed by atoms with Gasteiger partial charge in [-0.3, -0.25) is 14.6 Å². The quantitative estimate of drug-likeness (QED) is 0.541. The third kappa shape index (κ3) is 7.28. The van der Waals surface area contributed by atoms with Gasteiger partial charge >= 0.3 is 0 Å². The maximum Gasteiger partial charge on any atom is 0.258 e. The molecule has 1 aliphatic rings. The Balaban J connectivity index is 0.000000261. The monoisotopic (exact) mass is 494 g/mol. The average molecular weight is 495 g/mol. The van der Waals surface area contributed by atoms with E-state index in [-0.39, 0.29) is 17.9 Å². The summed E-state index contributed by atoms with van der Waals surface area (Å²) in [5.41, 5.74) is 2.74. The van der Waals surface area contributed by atoms with Crippen molar-refractivity contribution in [2.75, 3.05) is 32.6 Å². The summed E-state index contributed by atoms with van der Waals surface area (Å²) in [6, 6.07) is 16.5. The van der Waals surface area contributed by atoms with E-state index in [9.17, 15) is 9.59 Å². The Morgan fingerprint density at radius 3 is 2.43 bits per heavy atom. The van der Waals surface area contributed by atoms with Crippen LogP contribution >= 0.6 is 11.6 Å². The zero-order valence-corrected chi connectivity index (χ0v) is 21.2. The highest BCUT2D eigenvalue weighted by Gasteiger charge is 2.27. The van der Waals surface area contributed by atoms with E-state index in [4.69, 9.17) is 16.3 Å². The van der Waals surface area contributed by atoms with E-state index >= 15 is 0 Å². The Kier molecular flexibility index (Phi) is 9.23. The molecule has 4 rings (SSSR count). The van der Waals surface area contributed by atoms with Gasteiger partial charge in [0.1, 0.15) is 6.61 Å². The maximum absolute atomic E-state index is 12.7. The number of para-hydroxylation sites is 1. The molecule has 0 bridgehead atoms. The van der Waals surface area contributed by atoms with Crippen LogP contribution in [0.25, 0.3) is 0 Å². The van der Waals surface area contributed by atoms with Gasteiger partial charge in [-0.2, -0.15) is 0 Å². The minimum Gasteiger partial charge on any atom is -0.489 e. The minimum atomic E-state index is -0.271. The third-order valence-electron chi connectivity index (χ3n) is 5.31. The predicted molar refractivity (Wildman–Crippen MR) is 139 cm³/mol. The number of fused-ring (bicyclic) bond motifs is 1. The summed E-state index contributed by atoms with van der Waals surface area (Å²) >= 11 is 5.73. The van der Waals surface area contributed by atoms with Crippen molar-refractivity contribution in [3.8, 4) is 5.75 Å². The number of rotatable bonds is 5. The number of pyridine rings is 1. The molecule has 2 aromatic carbocycles. The number of nitrogens with zero attached hydrogens (tertiary/aromatic N) is 3. The first kappa shape index (κ1) is 26.2. The molecule has 35 heavy (non-hydrogen) atoms. The number of aromatic nitrogens is 1. The zero-order chi connectivity index (χ0) is 25.4. The molecule has 0 saturated carbocycles. The van der Waals surface area contributed by atoms with Gasteiger partial charge in [0.15, 0.2) is 5.75 Å². The van der Waals surface area contributed by atoms with Crippen molar-refractivity contribution in [1.82, 2.24) is 14.8 Å². The van der Waals surface area contributed by atoms with E-state index in [1.165, 1.54) is 5.56 Å². The van der Waals surface area contributed by atoms with Gasteiger partial charge < -0.3 is 19.9 Å². The van der Waals surface area contributed by atoms with Crippen LogP contribution in [0.4, 0.5) is 5.69 Å². The van der Waals surface area contributed by atoms with Crippen molar-refractivity contribution in [3.63, 3.8) is 0 Å². The summed E-state index contributed by atoms with van der Waals surface area (Å²) in [7, 11) is 4.10. The Labute approximate surface area is 211 Å². The standard InChI is InChI=1S/C18H19N3O3.C9H12ClN/c1-12(2)21-10-11-24-16-14(18(21)23)4-3-5-15(16)20-17(22)13-6-8-19-9-7-13;1-11(2)7-8-3-5-9(10)6-4-8/h3-9,12H,10-11H2,1-2H3,(H,20,22);3-6H,7H2,1-2H3. The summed E-state index contributed by atoms with van der Waals surface area (Å²) in [6.45, 7) is 5.81. The Morgan fingerprint density at radius 1 is 1.11 bits per heavy atom. The molecule has 0 atom stereocenters. The fourth-order valence-corrected chi connectivity index (χ4v) is 3.73. The number of benzene rings is 2. The Morgan fingerprint density at radius 2 is 1.80 bits per heavy atom. The van der Waals surface area contributed by atoms with Crippen molar-refractivity contribution < 1.29 is 14.3 Å². The number of hydrogen-bond acceptors (Lipinski definition) is 5. The molecule has 0 unspecified atom stereocenters. The summed E-state index contributed by atoms with van der Waals surface area (Å²) in [5.74, 6) is 0.0670. The highest BCUT2D eigenvalue weighted by molar-refractivity contribution is 6.30. The van der Waals surface area contributed by atoms with E-state index in [2.05, 4.69) is 29.3 Å². The summed E-state index contributed by atoms with van der Waals surface area (Å²) in [6.07, 6.45) is 3.11. The largest absolute Gasteiger partial charge is 0.489 e. The number of hydrogen-bond donors (Lipinski definition) is 1. The molecule has 2 amide bonds. The molecular formula is C27H31ClN4O3. The molecule has 0 spiro atoms. The number of halogens is 1. The molecule has 2 heterocycles. The van der Waals surface area contributed by atoms with Crippen LogP contribution in [0.15, 0.2) is 67.0 Å². The lowest BCUT2D eigenvalue weighted by molar-refractivity contribution is 0.0704.